The zero-order valence-electron chi connectivity index (χ0n) is 20.1. The van der Waals surface area contributed by atoms with Gasteiger partial charge in [0.05, 0.1) is 10.6 Å². The fourth-order valence-corrected chi connectivity index (χ4v) is 4.82. The smallest absolute Gasteiger partial charge is 0.243 e. The van der Waals surface area contributed by atoms with Gasteiger partial charge in [-0.15, -0.1) is 0 Å². The lowest BCUT2D eigenvalue weighted by Crippen LogP contribution is -2.13. The van der Waals surface area contributed by atoms with E-state index in [0.717, 1.165) is 27.8 Å². The number of aromatic nitrogens is 2. The van der Waals surface area contributed by atoms with E-state index in [1.54, 1.807) is 17.5 Å². The molecule has 2 aromatic carbocycles. The highest BCUT2D eigenvalue weighted by atomic mass is 32.1. The number of pyridine rings is 1. The van der Waals surface area contributed by atoms with Crippen LogP contribution in [0.25, 0.3) is 10.4 Å². The van der Waals surface area contributed by atoms with E-state index in [1.165, 1.54) is 10.4 Å². The predicted molar refractivity (Wildman–Crippen MR) is 139 cm³/mol. The number of hydrogen-bond acceptors (Lipinski definition) is 5. The van der Waals surface area contributed by atoms with Crippen molar-refractivity contribution in [1.29, 1.82) is 0 Å². The maximum atomic E-state index is 6.33. The van der Waals surface area contributed by atoms with Gasteiger partial charge in [0, 0.05) is 17.2 Å². The van der Waals surface area contributed by atoms with Gasteiger partial charge in [-0.3, -0.25) is 0 Å². The van der Waals surface area contributed by atoms with Crippen LogP contribution in [0.5, 0.6) is 11.6 Å². The third-order valence-corrected chi connectivity index (χ3v) is 6.31. The number of anilines is 2. The second-order valence-corrected chi connectivity index (χ2v) is 11.1. The van der Waals surface area contributed by atoms with Gasteiger partial charge in [-0.1, -0.05) is 101 Å². The summed E-state index contributed by atoms with van der Waals surface area (Å²) in [4.78, 5) is 10.7. The molecular weight excluding hydrogens is 426 g/mol. The second kappa shape index (κ2) is 8.99. The minimum atomic E-state index is -0.0818. The lowest BCUT2D eigenvalue weighted by molar-refractivity contribution is 0.442. The van der Waals surface area contributed by atoms with Crippen molar-refractivity contribution < 1.29 is 4.74 Å². The Hall–Kier alpha value is -3.18. The van der Waals surface area contributed by atoms with Gasteiger partial charge in [-0.2, -0.15) is 0 Å². The number of nitrogens with one attached hydrogen (secondary N) is 1. The Morgan fingerprint density at radius 3 is 2.18 bits per heavy atom. The highest BCUT2D eigenvalue weighted by molar-refractivity contribution is 7.19. The fraction of sp³-hybridized carbons (Fsp3) is 0.286. The van der Waals surface area contributed by atoms with Crippen LogP contribution in [0.1, 0.15) is 52.8 Å². The van der Waals surface area contributed by atoms with Crippen LogP contribution in [0, 0.1) is 0 Å². The molecular formula is C28H31N3OS. The summed E-state index contributed by atoms with van der Waals surface area (Å²) in [6, 6.07) is 22.4. The molecule has 33 heavy (non-hydrogen) atoms. The third-order valence-electron chi connectivity index (χ3n) is 5.29. The van der Waals surface area contributed by atoms with Crippen LogP contribution in [0.2, 0.25) is 0 Å². The molecule has 0 spiro atoms. The van der Waals surface area contributed by atoms with E-state index >= 15 is 0 Å². The highest BCUT2D eigenvalue weighted by Gasteiger charge is 2.25. The van der Waals surface area contributed by atoms with E-state index in [4.69, 9.17) is 9.72 Å². The number of benzene rings is 2. The molecule has 1 N–H and O–H groups in total. The van der Waals surface area contributed by atoms with Crippen molar-refractivity contribution in [2.75, 3.05) is 5.32 Å². The van der Waals surface area contributed by atoms with Gasteiger partial charge >= 0.3 is 0 Å². The molecule has 0 saturated carbocycles. The molecule has 4 nitrogen and oxygen atoms in total. The molecule has 2 heterocycles. The fourth-order valence-electron chi connectivity index (χ4n) is 3.63. The Morgan fingerprint density at radius 1 is 0.788 bits per heavy atom. The van der Waals surface area contributed by atoms with Crippen molar-refractivity contribution in [2.45, 2.75) is 52.4 Å². The molecule has 0 atom stereocenters. The molecule has 5 heteroatoms. The number of nitrogens with zero attached hydrogens (tertiary/aromatic N) is 2. The average Bonchev–Trinajstić information content (AvgIpc) is 3.20. The summed E-state index contributed by atoms with van der Waals surface area (Å²) in [6.45, 7) is 13.1. The lowest BCUT2D eigenvalue weighted by Gasteiger charge is -2.22. The summed E-state index contributed by atoms with van der Waals surface area (Å²) >= 11 is 1.65. The largest absolute Gasteiger partial charge is 0.437 e. The van der Waals surface area contributed by atoms with Gasteiger partial charge in [-0.25, -0.2) is 9.97 Å². The zero-order valence-corrected chi connectivity index (χ0v) is 21.0. The first-order valence-electron chi connectivity index (χ1n) is 11.2. The molecule has 4 aromatic rings. The Morgan fingerprint density at radius 2 is 1.48 bits per heavy atom. The Kier molecular flexibility index (Phi) is 6.26. The van der Waals surface area contributed by atoms with Crippen LogP contribution >= 0.6 is 11.3 Å². The van der Waals surface area contributed by atoms with Crippen molar-refractivity contribution in [3.05, 3.63) is 84.2 Å². The predicted octanol–water partition coefficient (Wildman–Crippen LogP) is 8.34. The Balaban J connectivity index is 1.69. The van der Waals surface area contributed by atoms with Gasteiger partial charge in [0.2, 0.25) is 5.88 Å². The summed E-state index contributed by atoms with van der Waals surface area (Å²) in [5.74, 6) is 1.34. The summed E-state index contributed by atoms with van der Waals surface area (Å²) in [5.41, 5.74) is 4.05. The molecule has 4 rings (SSSR count). The number of rotatable bonds is 5. The molecule has 0 unspecified atom stereocenters. The number of ether oxygens (including phenoxy) is 1. The molecule has 170 valence electrons. The summed E-state index contributed by atoms with van der Waals surface area (Å²) in [5, 5.41) is 4.29. The van der Waals surface area contributed by atoms with E-state index in [1.807, 2.05) is 36.4 Å². The number of hydrogen-bond donors (Lipinski definition) is 1. The molecule has 0 fully saturated rings. The quantitative estimate of drug-likeness (QED) is 0.327. The summed E-state index contributed by atoms with van der Waals surface area (Å²) in [7, 11) is 0. The maximum absolute atomic E-state index is 6.33. The molecule has 0 aliphatic rings. The summed E-state index contributed by atoms with van der Waals surface area (Å²) in [6.07, 6.45) is 1.75. The molecule has 0 aliphatic heterocycles. The molecule has 2 aromatic heterocycles. The van der Waals surface area contributed by atoms with Crippen molar-refractivity contribution in [3.63, 3.8) is 0 Å². The molecule has 0 aliphatic carbocycles. The lowest BCUT2D eigenvalue weighted by atomic mass is 9.86. The highest BCUT2D eigenvalue weighted by Crippen LogP contribution is 2.41. The first-order chi connectivity index (χ1) is 15.6. The SMILES string of the molecule is CC(C)(C)c1ccccc1Oc1ncccc1Nc1nc(C(C)(C)C)c(-c2ccccc2)s1. The van der Waals surface area contributed by atoms with Gasteiger partial charge in [0.1, 0.15) is 11.4 Å². The van der Waals surface area contributed by atoms with Crippen LogP contribution in [0.15, 0.2) is 72.9 Å². The van der Waals surface area contributed by atoms with Crippen molar-refractivity contribution >= 4 is 22.2 Å². The normalized spacial score (nSPS) is 11.9. The van der Waals surface area contributed by atoms with Crippen molar-refractivity contribution in [1.82, 2.24) is 9.97 Å². The van der Waals surface area contributed by atoms with Crippen LogP contribution in [-0.2, 0) is 10.8 Å². The maximum Gasteiger partial charge on any atom is 0.243 e. The van der Waals surface area contributed by atoms with Gasteiger partial charge < -0.3 is 10.1 Å². The average molecular weight is 458 g/mol. The topological polar surface area (TPSA) is 47.0 Å². The Labute approximate surface area is 200 Å². The third kappa shape index (κ3) is 5.25. The van der Waals surface area contributed by atoms with E-state index in [-0.39, 0.29) is 10.8 Å². The molecule has 0 bridgehead atoms. The minimum Gasteiger partial charge on any atom is -0.437 e. The standard InChI is InChI=1S/C28H31N3OS/c1-27(2,3)20-15-10-11-17-22(20)32-25-21(16-12-18-29-25)30-26-31-24(28(4,5)6)23(33-26)19-13-8-7-9-14-19/h7-18H,1-6H3,(H,30,31). The molecule has 0 amide bonds. The van der Waals surface area contributed by atoms with Crippen LogP contribution in [0.3, 0.4) is 0 Å². The number of thiazole rings is 1. The van der Waals surface area contributed by atoms with Gasteiger partial charge in [0.25, 0.3) is 0 Å². The van der Waals surface area contributed by atoms with E-state index in [2.05, 4.69) is 82.2 Å². The Bertz CT molecular complexity index is 1230. The monoisotopic (exact) mass is 457 g/mol. The van der Waals surface area contributed by atoms with Crippen LogP contribution < -0.4 is 10.1 Å². The zero-order chi connectivity index (χ0) is 23.6. The van der Waals surface area contributed by atoms with E-state index < -0.39 is 0 Å². The van der Waals surface area contributed by atoms with E-state index in [9.17, 15) is 0 Å². The minimum absolute atomic E-state index is 0.0412. The molecule has 0 saturated heterocycles. The summed E-state index contributed by atoms with van der Waals surface area (Å²) < 4.78 is 6.33. The van der Waals surface area contributed by atoms with Crippen molar-refractivity contribution in [3.8, 4) is 22.1 Å². The van der Waals surface area contributed by atoms with Crippen LogP contribution in [-0.4, -0.2) is 9.97 Å². The van der Waals surface area contributed by atoms with Crippen molar-refractivity contribution in [2.24, 2.45) is 0 Å². The number of para-hydroxylation sites is 1. The first-order valence-corrected chi connectivity index (χ1v) is 12.0. The molecule has 0 radical (unpaired) electrons. The van der Waals surface area contributed by atoms with Gasteiger partial charge in [-0.05, 0) is 29.2 Å². The second-order valence-electron chi connectivity index (χ2n) is 10.1. The van der Waals surface area contributed by atoms with Gasteiger partial charge in [0.15, 0.2) is 5.13 Å². The van der Waals surface area contributed by atoms with Crippen LogP contribution in [0.4, 0.5) is 10.8 Å². The van der Waals surface area contributed by atoms with E-state index in [0.29, 0.717) is 5.88 Å². The first kappa shape index (κ1) is 23.0.